The maximum Gasteiger partial charge on any atom is 0.119 e. The first-order valence-corrected chi connectivity index (χ1v) is 7.36. The molecule has 1 unspecified atom stereocenters. The molecular formula is C18H23NO2. The number of rotatable bonds is 8. The van der Waals surface area contributed by atoms with Crippen LogP contribution in [0.15, 0.2) is 54.6 Å². The van der Waals surface area contributed by atoms with Crippen LogP contribution in [0.4, 0.5) is 0 Å². The van der Waals surface area contributed by atoms with Crippen molar-refractivity contribution in [3.8, 4) is 5.75 Å². The Morgan fingerprint density at radius 2 is 1.90 bits per heavy atom. The number of ether oxygens (including phenoxy) is 1. The number of hydrogen-bond donors (Lipinski definition) is 2. The molecule has 21 heavy (non-hydrogen) atoms. The van der Waals surface area contributed by atoms with E-state index >= 15 is 0 Å². The van der Waals surface area contributed by atoms with Gasteiger partial charge in [-0.05, 0) is 43.1 Å². The number of benzene rings is 2. The molecule has 0 aliphatic rings. The topological polar surface area (TPSA) is 41.5 Å². The van der Waals surface area contributed by atoms with Crippen LogP contribution in [-0.2, 0) is 6.42 Å². The van der Waals surface area contributed by atoms with Gasteiger partial charge in [0.15, 0.2) is 0 Å². The smallest absolute Gasteiger partial charge is 0.119 e. The van der Waals surface area contributed by atoms with Gasteiger partial charge in [-0.2, -0.15) is 0 Å². The zero-order valence-corrected chi connectivity index (χ0v) is 12.5. The zero-order valence-electron chi connectivity index (χ0n) is 12.5. The highest BCUT2D eigenvalue weighted by Gasteiger charge is 2.05. The number of aliphatic hydroxyl groups is 1. The normalized spacial score (nSPS) is 12.1. The fourth-order valence-electron chi connectivity index (χ4n) is 2.10. The van der Waals surface area contributed by atoms with E-state index in [1.54, 1.807) is 0 Å². The van der Waals surface area contributed by atoms with Gasteiger partial charge in [-0.15, -0.1) is 0 Å². The summed E-state index contributed by atoms with van der Waals surface area (Å²) in [6.45, 7) is 3.72. The van der Waals surface area contributed by atoms with E-state index in [9.17, 15) is 5.11 Å². The summed E-state index contributed by atoms with van der Waals surface area (Å²) in [5.74, 6) is 0.804. The van der Waals surface area contributed by atoms with Crippen molar-refractivity contribution in [1.82, 2.24) is 5.32 Å². The molecule has 1 atom stereocenters. The minimum Gasteiger partial charge on any atom is -0.491 e. The molecule has 0 spiro atoms. The Bertz CT molecular complexity index is 528. The lowest BCUT2D eigenvalue weighted by molar-refractivity contribution is 0.106. The van der Waals surface area contributed by atoms with Gasteiger partial charge in [-0.25, -0.2) is 0 Å². The van der Waals surface area contributed by atoms with E-state index in [-0.39, 0.29) is 0 Å². The number of nitrogens with one attached hydrogen (secondary N) is 1. The highest BCUT2D eigenvalue weighted by molar-refractivity contribution is 5.27. The average molecular weight is 285 g/mol. The molecule has 0 saturated carbocycles. The van der Waals surface area contributed by atoms with Gasteiger partial charge < -0.3 is 15.2 Å². The van der Waals surface area contributed by atoms with Crippen LogP contribution in [0.25, 0.3) is 0 Å². The van der Waals surface area contributed by atoms with E-state index in [1.807, 2.05) is 49.4 Å². The number of aliphatic hydroxyl groups excluding tert-OH is 1. The maximum atomic E-state index is 9.89. The Morgan fingerprint density at radius 3 is 2.67 bits per heavy atom. The minimum absolute atomic E-state index is 0.307. The standard InChI is InChI=1S/C18H23NO2/c1-15-6-5-9-18(12-15)21-14-17(20)13-19-11-10-16-7-3-2-4-8-16/h2-9,12,17,19-20H,10-11,13-14H2,1H3. The monoisotopic (exact) mass is 285 g/mol. The molecule has 3 nitrogen and oxygen atoms in total. The molecule has 0 aromatic heterocycles. The van der Waals surface area contributed by atoms with Gasteiger partial charge in [-0.3, -0.25) is 0 Å². The molecule has 0 aliphatic carbocycles. The quantitative estimate of drug-likeness (QED) is 0.733. The maximum absolute atomic E-state index is 9.89. The molecule has 0 radical (unpaired) electrons. The summed E-state index contributed by atoms with van der Waals surface area (Å²) in [7, 11) is 0. The van der Waals surface area contributed by atoms with Crippen LogP contribution < -0.4 is 10.1 Å². The lowest BCUT2D eigenvalue weighted by Crippen LogP contribution is -2.32. The van der Waals surface area contributed by atoms with E-state index < -0.39 is 6.10 Å². The number of aryl methyl sites for hydroxylation is 1. The first kappa shape index (κ1) is 15.5. The van der Waals surface area contributed by atoms with E-state index in [0.717, 1.165) is 24.3 Å². The van der Waals surface area contributed by atoms with Crippen molar-refractivity contribution in [2.75, 3.05) is 19.7 Å². The first-order valence-electron chi connectivity index (χ1n) is 7.36. The third-order valence-corrected chi connectivity index (χ3v) is 3.25. The Morgan fingerprint density at radius 1 is 1.10 bits per heavy atom. The van der Waals surface area contributed by atoms with Gasteiger partial charge in [0.05, 0.1) is 0 Å². The van der Waals surface area contributed by atoms with Crippen molar-refractivity contribution in [3.63, 3.8) is 0 Å². The lowest BCUT2D eigenvalue weighted by Gasteiger charge is -2.13. The van der Waals surface area contributed by atoms with Crippen LogP contribution in [0.3, 0.4) is 0 Å². The lowest BCUT2D eigenvalue weighted by atomic mass is 10.1. The minimum atomic E-state index is -0.499. The van der Waals surface area contributed by atoms with E-state index in [2.05, 4.69) is 17.4 Å². The van der Waals surface area contributed by atoms with Crippen molar-refractivity contribution in [2.45, 2.75) is 19.4 Å². The van der Waals surface area contributed by atoms with E-state index in [0.29, 0.717) is 13.2 Å². The molecule has 0 aliphatic heterocycles. The second-order valence-electron chi connectivity index (χ2n) is 5.22. The summed E-state index contributed by atoms with van der Waals surface area (Å²) in [5, 5.41) is 13.1. The summed E-state index contributed by atoms with van der Waals surface area (Å²) in [6, 6.07) is 18.2. The van der Waals surface area contributed by atoms with E-state index in [1.165, 1.54) is 5.56 Å². The van der Waals surface area contributed by atoms with E-state index in [4.69, 9.17) is 4.74 Å². The van der Waals surface area contributed by atoms with Crippen molar-refractivity contribution in [3.05, 3.63) is 65.7 Å². The van der Waals surface area contributed by atoms with Crippen LogP contribution in [0.1, 0.15) is 11.1 Å². The summed E-state index contributed by atoms with van der Waals surface area (Å²) >= 11 is 0. The molecule has 0 saturated heterocycles. The summed E-state index contributed by atoms with van der Waals surface area (Å²) in [4.78, 5) is 0. The van der Waals surface area contributed by atoms with Crippen molar-refractivity contribution >= 4 is 0 Å². The van der Waals surface area contributed by atoms with Gasteiger partial charge in [0.2, 0.25) is 0 Å². The first-order chi connectivity index (χ1) is 10.2. The second-order valence-corrected chi connectivity index (χ2v) is 5.22. The van der Waals surface area contributed by atoms with Gasteiger partial charge in [0, 0.05) is 6.54 Å². The molecule has 0 bridgehead atoms. The van der Waals surface area contributed by atoms with Crippen LogP contribution in [0, 0.1) is 6.92 Å². The second kappa shape index (κ2) is 8.45. The predicted octanol–water partition coefficient (Wildman–Crippen LogP) is 2.57. The molecule has 2 aromatic rings. The van der Waals surface area contributed by atoms with Gasteiger partial charge in [0.1, 0.15) is 18.5 Å². The predicted molar refractivity (Wildman–Crippen MR) is 85.7 cm³/mol. The molecular weight excluding hydrogens is 262 g/mol. The van der Waals surface area contributed by atoms with Crippen molar-refractivity contribution in [2.24, 2.45) is 0 Å². The summed E-state index contributed by atoms with van der Waals surface area (Å²) < 4.78 is 5.57. The van der Waals surface area contributed by atoms with Crippen LogP contribution in [0.5, 0.6) is 5.75 Å². The van der Waals surface area contributed by atoms with Crippen molar-refractivity contribution < 1.29 is 9.84 Å². The highest BCUT2D eigenvalue weighted by atomic mass is 16.5. The third-order valence-electron chi connectivity index (χ3n) is 3.25. The fraction of sp³-hybridized carbons (Fsp3) is 0.333. The van der Waals surface area contributed by atoms with Gasteiger partial charge in [0.25, 0.3) is 0 Å². The summed E-state index contributed by atoms with van der Waals surface area (Å²) in [5.41, 5.74) is 2.46. The summed E-state index contributed by atoms with van der Waals surface area (Å²) in [6.07, 6.45) is 0.466. The van der Waals surface area contributed by atoms with Crippen LogP contribution >= 0.6 is 0 Å². The molecule has 0 fully saturated rings. The Balaban J connectivity index is 1.60. The number of hydrogen-bond acceptors (Lipinski definition) is 3. The fourth-order valence-corrected chi connectivity index (χ4v) is 2.10. The van der Waals surface area contributed by atoms with Gasteiger partial charge in [-0.1, -0.05) is 42.5 Å². The Labute approximate surface area is 126 Å². The average Bonchev–Trinajstić information content (AvgIpc) is 2.51. The van der Waals surface area contributed by atoms with Crippen molar-refractivity contribution in [1.29, 1.82) is 0 Å². The van der Waals surface area contributed by atoms with Gasteiger partial charge >= 0.3 is 0 Å². The Kier molecular flexibility index (Phi) is 6.25. The molecule has 3 heteroatoms. The molecule has 112 valence electrons. The largest absolute Gasteiger partial charge is 0.491 e. The molecule has 2 rings (SSSR count). The zero-order chi connectivity index (χ0) is 14.9. The molecule has 0 heterocycles. The van der Waals surface area contributed by atoms with Crippen LogP contribution in [-0.4, -0.2) is 30.9 Å². The third kappa shape index (κ3) is 5.98. The Hall–Kier alpha value is -1.84. The molecule has 2 aromatic carbocycles. The SMILES string of the molecule is Cc1cccc(OCC(O)CNCCc2ccccc2)c1. The molecule has 2 N–H and O–H groups in total. The molecule has 0 amide bonds. The highest BCUT2D eigenvalue weighted by Crippen LogP contribution is 2.12. The van der Waals surface area contributed by atoms with Crippen LogP contribution in [0.2, 0.25) is 0 Å².